The number of rotatable bonds is 4. The van der Waals surface area contributed by atoms with Gasteiger partial charge in [-0.3, -0.25) is 4.79 Å². The van der Waals surface area contributed by atoms with Gasteiger partial charge in [-0.2, -0.15) is 0 Å². The average Bonchev–Trinajstić information content (AvgIpc) is 2.49. The third-order valence-electron chi connectivity index (χ3n) is 4.71. The Balaban J connectivity index is 0.00000242. The first-order valence-electron chi connectivity index (χ1n) is 8.18. The van der Waals surface area contributed by atoms with Gasteiger partial charge in [0.2, 0.25) is 5.91 Å². The predicted molar refractivity (Wildman–Crippen MR) is 94.4 cm³/mol. The minimum atomic E-state index is -0.347. The van der Waals surface area contributed by atoms with Crippen molar-refractivity contribution in [2.45, 2.75) is 65.0 Å². The molecule has 1 saturated heterocycles. The topological polar surface area (TPSA) is 46.3 Å². The lowest BCUT2D eigenvalue weighted by atomic mass is 9.90. The lowest BCUT2D eigenvalue weighted by molar-refractivity contribution is -0.136. The summed E-state index contributed by atoms with van der Waals surface area (Å²) < 4.78 is 0. The zero-order chi connectivity index (χ0) is 15.4. The molecule has 22 heavy (non-hydrogen) atoms. The average molecular weight is 325 g/mol. The van der Waals surface area contributed by atoms with Crippen LogP contribution in [0.2, 0.25) is 0 Å². The fraction of sp³-hybridized carbons (Fsp3) is 0.611. The summed E-state index contributed by atoms with van der Waals surface area (Å²) in [6, 6.07) is 6.26. The van der Waals surface area contributed by atoms with Gasteiger partial charge in [0.25, 0.3) is 0 Å². The highest BCUT2D eigenvalue weighted by atomic mass is 35.5. The molecule has 1 aliphatic heterocycles. The Morgan fingerprint density at radius 3 is 2.77 bits per heavy atom. The zero-order valence-corrected chi connectivity index (χ0v) is 14.8. The predicted octanol–water partition coefficient (Wildman–Crippen LogP) is 3.91. The maximum Gasteiger partial charge on any atom is 0.239 e. The lowest BCUT2D eigenvalue weighted by Gasteiger charge is -2.38. The van der Waals surface area contributed by atoms with Crippen molar-refractivity contribution < 1.29 is 4.79 Å². The summed E-state index contributed by atoms with van der Waals surface area (Å²) in [5.74, 6) is 0.127. The molecule has 0 aromatic heterocycles. The number of nitrogens with two attached hydrogens (primary N) is 1. The summed E-state index contributed by atoms with van der Waals surface area (Å²) in [4.78, 5) is 14.7. The number of benzene rings is 1. The van der Waals surface area contributed by atoms with Crippen molar-refractivity contribution in [3.05, 3.63) is 34.9 Å². The zero-order valence-electron chi connectivity index (χ0n) is 14.0. The van der Waals surface area contributed by atoms with Crippen LogP contribution < -0.4 is 5.73 Å². The number of carbonyl (C=O) groups is 1. The normalized spacial score (nSPS) is 19.5. The van der Waals surface area contributed by atoms with E-state index in [0.717, 1.165) is 32.2 Å². The fourth-order valence-corrected chi connectivity index (χ4v) is 3.30. The maximum absolute atomic E-state index is 12.7. The third-order valence-corrected chi connectivity index (χ3v) is 4.71. The van der Waals surface area contributed by atoms with Crippen molar-refractivity contribution in [1.82, 2.24) is 4.90 Å². The minimum Gasteiger partial charge on any atom is -0.334 e. The van der Waals surface area contributed by atoms with Crippen molar-refractivity contribution in [3.8, 4) is 0 Å². The van der Waals surface area contributed by atoms with Crippen LogP contribution in [0, 0.1) is 13.8 Å². The summed E-state index contributed by atoms with van der Waals surface area (Å²) in [5.41, 5.74) is 9.98. The Kier molecular flexibility index (Phi) is 7.37. The fourth-order valence-electron chi connectivity index (χ4n) is 3.30. The second-order valence-corrected chi connectivity index (χ2v) is 6.23. The number of aryl methyl sites for hydroxylation is 1. The van der Waals surface area contributed by atoms with E-state index in [1.54, 1.807) is 0 Å². The highest BCUT2D eigenvalue weighted by molar-refractivity contribution is 5.85. The monoisotopic (exact) mass is 324 g/mol. The molecule has 0 spiro atoms. The van der Waals surface area contributed by atoms with Crippen molar-refractivity contribution in [2.24, 2.45) is 5.73 Å². The molecule has 2 unspecified atom stereocenters. The van der Waals surface area contributed by atoms with Crippen LogP contribution in [0.4, 0.5) is 0 Å². The Bertz CT molecular complexity index is 504. The van der Waals surface area contributed by atoms with E-state index in [1.807, 2.05) is 4.90 Å². The van der Waals surface area contributed by atoms with Gasteiger partial charge < -0.3 is 10.6 Å². The van der Waals surface area contributed by atoms with Crippen molar-refractivity contribution in [3.63, 3.8) is 0 Å². The summed E-state index contributed by atoms with van der Waals surface area (Å²) in [6.45, 7) is 7.21. The standard InChI is InChI=1S/C18H28N2O.ClH/c1-4-8-16(19)18(21)20-12-6-5-11-17(20)15-10-7-9-13(2)14(15)3;/h7,9-10,16-17H,4-6,8,11-12,19H2,1-3H3;1H. The molecule has 0 bridgehead atoms. The van der Waals surface area contributed by atoms with Gasteiger partial charge in [-0.25, -0.2) is 0 Å². The molecular formula is C18H29ClN2O. The van der Waals surface area contributed by atoms with Crippen molar-refractivity contribution in [1.29, 1.82) is 0 Å². The molecule has 0 saturated carbocycles. The molecular weight excluding hydrogens is 296 g/mol. The molecule has 0 radical (unpaired) electrons. The molecule has 1 aromatic rings. The molecule has 3 nitrogen and oxygen atoms in total. The van der Waals surface area contributed by atoms with Gasteiger partial charge >= 0.3 is 0 Å². The molecule has 1 aromatic carbocycles. The summed E-state index contributed by atoms with van der Waals surface area (Å²) in [5, 5.41) is 0. The van der Waals surface area contributed by atoms with Crippen molar-refractivity contribution >= 4 is 18.3 Å². The number of amides is 1. The Morgan fingerprint density at radius 1 is 1.36 bits per heavy atom. The van der Waals surface area contributed by atoms with E-state index < -0.39 is 0 Å². The van der Waals surface area contributed by atoms with Gasteiger partial charge in [-0.1, -0.05) is 31.5 Å². The van der Waals surface area contributed by atoms with Gasteiger partial charge in [-0.15, -0.1) is 12.4 Å². The number of hydrogen-bond acceptors (Lipinski definition) is 2. The van der Waals surface area contributed by atoms with E-state index in [1.165, 1.54) is 23.1 Å². The van der Waals surface area contributed by atoms with Crippen LogP contribution in [0.5, 0.6) is 0 Å². The van der Waals surface area contributed by atoms with Crippen LogP contribution in [-0.2, 0) is 4.79 Å². The van der Waals surface area contributed by atoms with Crippen molar-refractivity contribution in [2.75, 3.05) is 6.54 Å². The van der Waals surface area contributed by atoms with Crippen LogP contribution >= 0.6 is 12.4 Å². The molecule has 2 rings (SSSR count). The smallest absolute Gasteiger partial charge is 0.239 e. The summed E-state index contributed by atoms with van der Waals surface area (Å²) in [6.07, 6.45) is 5.05. The quantitative estimate of drug-likeness (QED) is 0.912. The first-order chi connectivity index (χ1) is 10.1. The maximum atomic E-state index is 12.7. The van der Waals surface area contributed by atoms with E-state index >= 15 is 0 Å². The molecule has 124 valence electrons. The largest absolute Gasteiger partial charge is 0.334 e. The molecule has 1 aliphatic rings. The number of carbonyl (C=O) groups excluding carboxylic acids is 1. The Morgan fingerprint density at radius 2 is 2.09 bits per heavy atom. The van der Waals surface area contributed by atoms with E-state index in [2.05, 4.69) is 39.0 Å². The van der Waals surface area contributed by atoms with Crippen LogP contribution in [0.15, 0.2) is 18.2 Å². The highest BCUT2D eigenvalue weighted by Gasteiger charge is 2.31. The number of likely N-dealkylation sites (tertiary alicyclic amines) is 1. The van der Waals surface area contributed by atoms with Gasteiger partial charge in [0.15, 0.2) is 0 Å². The number of hydrogen-bond donors (Lipinski definition) is 1. The van der Waals surface area contributed by atoms with E-state index in [-0.39, 0.29) is 30.4 Å². The first-order valence-corrected chi connectivity index (χ1v) is 8.18. The minimum absolute atomic E-state index is 0. The van der Waals surface area contributed by atoms with E-state index in [0.29, 0.717) is 0 Å². The Hall–Kier alpha value is -1.06. The van der Waals surface area contributed by atoms with Gasteiger partial charge in [0.05, 0.1) is 12.1 Å². The van der Waals surface area contributed by atoms with Gasteiger partial charge in [0.1, 0.15) is 0 Å². The van der Waals surface area contributed by atoms with Crippen LogP contribution in [0.1, 0.15) is 61.8 Å². The molecule has 1 heterocycles. The molecule has 1 fully saturated rings. The van der Waals surface area contributed by atoms with Gasteiger partial charge in [-0.05, 0) is 56.2 Å². The SMILES string of the molecule is CCCC(N)C(=O)N1CCCCC1c1cccc(C)c1C.Cl. The second kappa shape index (κ2) is 8.54. The Labute approximate surface area is 140 Å². The third kappa shape index (κ3) is 4.02. The van der Waals surface area contributed by atoms with E-state index in [9.17, 15) is 4.79 Å². The second-order valence-electron chi connectivity index (χ2n) is 6.23. The van der Waals surface area contributed by atoms with Crippen LogP contribution in [0.25, 0.3) is 0 Å². The molecule has 2 N–H and O–H groups in total. The summed E-state index contributed by atoms with van der Waals surface area (Å²) >= 11 is 0. The van der Waals surface area contributed by atoms with E-state index in [4.69, 9.17) is 5.73 Å². The molecule has 4 heteroatoms. The lowest BCUT2D eigenvalue weighted by Crippen LogP contribution is -2.47. The van der Waals surface area contributed by atoms with Gasteiger partial charge in [0, 0.05) is 6.54 Å². The number of nitrogens with zero attached hydrogens (tertiary/aromatic N) is 1. The number of halogens is 1. The summed E-state index contributed by atoms with van der Waals surface area (Å²) in [7, 11) is 0. The molecule has 0 aliphatic carbocycles. The molecule has 2 atom stereocenters. The van der Waals surface area contributed by atoms with Crippen LogP contribution in [0.3, 0.4) is 0 Å². The van der Waals surface area contributed by atoms with Crippen LogP contribution in [-0.4, -0.2) is 23.4 Å². The molecule has 1 amide bonds. The number of piperidine rings is 1. The first kappa shape index (κ1) is 19.0. The highest BCUT2D eigenvalue weighted by Crippen LogP contribution is 2.34.